The van der Waals surface area contributed by atoms with Crippen LogP contribution in [0, 0.1) is 0 Å². The second-order valence-corrected chi connectivity index (χ2v) is 7.33. The molecule has 1 aromatic carbocycles. The number of benzene rings is 1. The van der Waals surface area contributed by atoms with Crippen molar-refractivity contribution in [2.45, 2.75) is 26.8 Å². The zero-order chi connectivity index (χ0) is 20.8. The number of hydrogen-bond donors (Lipinski definition) is 1. The second kappa shape index (κ2) is 9.89. The number of hydrogen-bond acceptors (Lipinski definition) is 5. The first-order chi connectivity index (χ1) is 14.1. The molecule has 2 amide bonds. The number of urea groups is 1. The predicted molar refractivity (Wildman–Crippen MR) is 112 cm³/mol. The lowest BCUT2D eigenvalue weighted by atomic mass is 9.94. The van der Waals surface area contributed by atoms with Crippen LogP contribution in [-0.2, 0) is 9.53 Å². The molecule has 1 fully saturated rings. The third kappa shape index (κ3) is 4.79. The second-order valence-electron chi connectivity index (χ2n) is 7.33. The molecule has 1 atom stereocenters. The number of ether oxygens (including phenoxy) is 1. The van der Waals surface area contributed by atoms with Crippen LogP contribution in [0.1, 0.15) is 32.4 Å². The Hall–Kier alpha value is -2.38. The van der Waals surface area contributed by atoms with Crippen LogP contribution in [0.15, 0.2) is 41.6 Å². The van der Waals surface area contributed by atoms with E-state index in [0.717, 1.165) is 44.0 Å². The minimum atomic E-state index is -0.502. The molecular weight excluding hydrogens is 368 g/mol. The molecule has 29 heavy (non-hydrogen) atoms. The molecule has 158 valence electrons. The highest BCUT2D eigenvalue weighted by molar-refractivity contribution is 5.95. The van der Waals surface area contributed by atoms with Gasteiger partial charge in [-0.25, -0.2) is 9.59 Å². The summed E-state index contributed by atoms with van der Waals surface area (Å²) in [5.41, 5.74) is 2.18. The standard InChI is InChI=1S/C22H32N4O3/c1-4-24-12-14-25(15-13-24)16-18-19(21(27)29-6-3)20(17-10-8-7-9-11-17)23-22(28)26(18)5-2/h7-11,20H,4-6,12-16H2,1-3H3,(H,23,28)/t20-/m0/s1. The van der Waals surface area contributed by atoms with Crippen LogP contribution in [0.5, 0.6) is 0 Å². The molecule has 2 aliphatic rings. The Morgan fingerprint density at radius 1 is 1.03 bits per heavy atom. The van der Waals surface area contributed by atoms with E-state index in [1.54, 1.807) is 11.8 Å². The van der Waals surface area contributed by atoms with Gasteiger partial charge >= 0.3 is 12.0 Å². The fourth-order valence-corrected chi connectivity index (χ4v) is 4.03. The van der Waals surface area contributed by atoms with Gasteiger partial charge in [0, 0.05) is 45.0 Å². The summed E-state index contributed by atoms with van der Waals surface area (Å²) < 4.78 is 5.41. The molecule has 0 saturated carbocycles. The summed E-state index contributed by atoms with van der Waals surface area (Å²) in [4.78, 5) is 32.3. The van der Waals surface area contributed by atoms with Gasteiger partial charge in [-0.05, 0) is 26.0 Å². The molecule has 7 nitrogen and oxygen atoms in total. The number of carbonyl (C=O) groups excluding carboxylic acids is 2. The first-order valence-corrected chi connectivity index (χ1v) is 10.6. The SMILES string of the molecule is CCOC(=O)C1=C(CN2CCN(CC)CC2)N(CC)C(=O)N[C@H]1c1ccccc1. The van der Waals surface area contributed by atoms with Crippen molar-refractivity contribution in [3.63, 3.8) is 0 Å². The number of rotatable bonds is 7. The summed E-state index contributed by atoms with van der Waals surface area (Å²) in [6.07, 6.45) is 0. The highest BCUT2D eigenvalue weighted by atomic mass is 16.5. The van der Waals surface area contributed by atoms with Crippen LogP contribution in [0.2, 0.25) is 0 Å². The van der Waals surface area contributed by atoms with Crippen LogP contribution < -0.4 is 5.32 Å². The van der Waals surface area contributed by atoms with E-state index in [4.69, 9.17) is 4.74 Å². The molecule has 3 rings (SSSR count). The van der Waals surface area contributed by atoms with E-state index in [1.165, 1.54) is 0 Å². The third-order valence-corrected chi connectivity index (χ3v) is 5.67. The van der Waals surface area contributed by atoms with E-state index < -0.39 is 6.04 Å². The number of amides is 2. The lowest BCUT2D eigenvalue weighted by molar-refractivity contribution is -0.139. The predicted octanol–water partition coefficient (Wildman–Crippen LogP) is 2.23. The van der Waals surface area contributed by atoms with Gasteiger partial charge in [-0.1, -0.05) is 37.3 Å². The van der Waals surface area contributed by atoms with Gasteiger partial charge in [-0.15, -0.1) is 0 Å². The largest absolute Gasteiger partial charge is 0.463 e. The lowest BCUT2D eigenvalue weighted by Crippen LogP contribution is -2.53. The highest BCUT2D eigenvalue weighted by Crippen LogP contribution is 2.32. The van der Waals surface area contributed by atoms with E-state index in [2.05, 4.69) is 22.0 Å². The van der Waals surface area contributed by atoms with Crippen molar-refractivity contribution in [3.8, 4) is 0 Å². The van der Waals surface area contributed by atoms with Gasteiger partial charge < -0.3 is 15.0 Å². The Labute approximate surface area is 173 Å². The molecule has 1 saturated heterocycles. The summed E-state index contributed by atoms with van der Waals surface area (Å²) in [5.74, 6) is -0.359. The van der Waals surface area contributed by atoms with Crippen LogP contribution >= 0.6 is 0 Å². The van der Waals surface area contributed by atoms with E-state index >= 15 is 0 Å². The fourth-order valence-electron chi connectivity index (χ4n) is 4.03. The molecule has 0 aliphatic carbocycles. The van der Waals surface area contributed by atoms with Crippen LogP contribution in [0.25, 0.3) is 0 Å². The molecule has 0 bridgehead atoms. The molecule has 0 aromatic heterocycles. The number of likely N-dealkylation sites (N-methyl/N-ethyl adjacent to an activating group) is 2. The zero-order valence-corrected chi connectivity index (χ0v) is 17.7. The number of carbonyl (C=O) groups is 2. The minimum Gasteiger partial charge on any atom is -0.463 e. The van der Waals surface area contributed by atoms with E-state index in [0.29, 0.717) is 25.3 Å². The van der Waals surface area contributed by atoms with Crippen LogP contribution in [-0.4, -0.2) is 79.1 Å². The summed E-state index contributed by atoms with van der Waals surface area (Å²) in [5, 5.41) is 3.01. The minimum absolute atomic E-state index is 0.170. The van der Waals surface area contributed by atoms with Gasteiger partial charge in [0.05, 0.1) is 18.2 Å². The molecule has 0 spiro atoms. The van der Waals surface area contributed by atoms with Crippen molar-refractivity contribution in [1.82, 2.24) is 20.0 Å². The van der Waals surface area contributed by atoms with Crippen LogP contribution in [0.3, 0.4) is 0 Å². The van der Waals surface area contributed by atoms with Gasteiger partial charge in [0.2, 0.25) is 0 Å². The van der Waals surface area contributed by atoms with Crippen molar-refractivity contribution < 1.29 is 14.3 Å². The molecule has 1 N–H and O–H groups in total. The van der Waals surface area contributed by atoms with Gasteiger partial charge in [0.1, 0.15) is 0 Å². The van der Waals surface area contributed by atoms with Crippen molar-refractivity contribution in [2.75, 3.05) is 52.4 Å². The average molecular weight is 401 g/mol. The normalized spacial score (nSPS) is 21.3. The molecular formula is C22H32N4O3. The average Bonchev–Trinajstić information content (AvgIpc) is 2.75. The van der Waals surface area contributed by atoms with Crippen molar-refractivity contribution in [3.05, 3.63) is 47.2 Å². The Morgan fingerprint density at radius 2 is 1.69 bits per heavy atom. The fraction of sp³-hybridized carbons (Fsp3) is 0.545. The lowest BCUT2D eigenvalue weighted by Gasteiger charge is -2.40. The summed E-state index contributed by atoms with van der Waals surface area (Å²) in [6, 6.07) is 8.95. The molecule has 0 radical (unpaired) electrons. The van der Waals surface area contributed by atoms with Gasteiger partial charge in [-0.2, -0.15) is 0 Å². The molecule has 1 aromatic rings. The van der Waals surface area contributed by atoms with E-state index in [-0.39, 0.29) is 12.0 Å². The van der Waals surface area contributed by atoms with Crippen LogP contribution in [0.4, 0.5) is 4.79 Å². The summed E-state index contributed by atoms with van der Waals surface area (Å²) >= 11 is 0. The van der Waals surface area contributed by atoms with Crippen molar-refractivity contribution in [2.24, 2.45) is 0 Å². The highest BCUT2D eigenvalue weighted by Gasteiger charge is 2.38. The maximum absolute atomic E-state index is 13.0. The molecule has 2 aliphatic heterocycles. The number of nitrogens with zero attached hydrogens (tertiary/aromatic N) is 3. The first-order valence-electron chi connectivity index (χ1n) is 10.6. The van der Waals surface area contributed by atoms with Gasteiger partial charge in [-0.3, -0.25) is 9.80 Å². The zero-order valence-electron chi connectivity index (χ0n) is 17.7. The number of piperazine rings is 1. The Kier molecular flexibility index (Phi) is 7.28. The molecule has 0 unspecified atom stereocenters. The van der Waals surface area contributed by atoms with Crippen molar-refractivity contribution >= 4 is 12.0 Å². The molecule has 2 heterocycles. The number of nitrogens with one attached hydrogen (secondary N) is 1. The summed E-state index contributed by atoms with van der Waals surface area (Å²) in [7, 11) is 0. The maximum atomic E-state index is 13.0. The Balaban J connectivity index is 1.99. The smallest absolute Gasteiger partial charge is 0.338 e. The monoisotopic (exact) mass is 400 g/mol. The summed E-state index contributed by atoms with van der Waals surface area (Å²) in [6.45, 7) is 12.2. The third-order valence-electron chi connectivity index (χ3n) is 5.67. The Morgan fingerprint density at radius 3 is 2.28 bits per heavy atom. The van der Waals surface area contributed by atoms with Crippen molar-refractivity contribution in [1.29, 1.82) is 0 Å². The van der Waals surface area contributed by atoms with E-state index in [9.17, 15) is 9.59 Å². The topological polar surface area (TPSA) is 65.1 Å². The van der Waals surface area contributed by atoms with Gasteiger partial charge in [0.25, 0.3) is 0 Å². The van der Waals surface area contributed by atoms with E-state index in [1.807, 2.05) is 37.3 Å². The maximum Gasteiger partial charge on any atom is 0.338 e. The first kappa shape index (κ1) is 21.3. The van der Waals surface area contributed by atoms with Gasteiger partial charge in [0.15, 0.2) is 0 Å². The number of esters is 1. The Bertz CT molecular complexity index is 742. The molecule has 7 heteroatoms. The quantitative estimate of drug-likeness (QED) is 0.711.